The van der Waals surface area contributed by atoms with Gasteiger partial charge in [-0.3, -0.25) is 0 Å². The summed E-state index contributed by atoms with van der Waals surface area (Å²) in [7, 11) is 0. The third-order valence-corrected chi connectivity index (χ3v) is 5.34. The van der Waals surface area contributed by atoms with E-state index >= 15 is 0 Å². The molecule has 1 aliphatic carbocycles. The van der Waals surface area contributed by atoms with Gasteiger partial charge in [-0.05, 0) is 31.6 Å². The maximum absolute atomic E-state index is 8.77. The lowest BCUT2D eigenvalue weighted by Gasteiger charge is -2.28. The van der Waals surface area contributed by atoms with Gasteiger partial charge in [-0.15, -0.1) is 11.3 Å². The number of hydrogen-bond donors (Lipinski definition) is 1. The van der Waals surface area contributed by atoms with Crippen molar-refractivity contribution < 1.29 is 0 Å². The molecule has 2 atom stereocenters. The number of nitrogens with zero attached hydrogens (tertiary/aromatic N) is 1. The van der Waals surface area contributed by atoms with E-state index in [1.165, 1.54) is 30.6 Å². The Balaban J connectivity index is 1.79. The molecule has 2 rings (SSSR count). The maximum Gasteiger partial charge on any atom is 0.100 e. The zero-order chi connectivity index (χ0) is 12.1. The average Bonchev–Trinajstić information content (AvgIpc) is 2.84. The van der Waals surface area contributed by atoms with E-state index in [-0.39, 0.29) is 0 Å². The summed E-state index contributed by atoms with van der Waals surface area (Å²) >= 11 is 3.68. The van der Waals surface area contributed by atoms with Crippen LogP contribution in [0.25, 0.3) is 0 Å². The summed E-state index contributed by atoms with van der Waals surface area (Å²) in [5.41, 5.74) is 0.789. The van der Waals surface area contributed by atoms with Crippen LogP contribution in [0.5, 0.6) is 0 Å². The molecule has 2 nitrogen and oxygen atoms in total. The first-order chi connectivity index (χ1) is 8.31. The number of nitrogens with one attached hydrogen (secondary N) is 1. The Hall–Kier alpha value is -0.500. The van der Waals surface area contributed by atoms with Crippen molar-refractivity contribution in [2.45, 2.75) is 43.5 Å². The summed E-state index contributed by atoms with van der Waals surface area (Å²) in [6.45, 7) is 0.915. The first kappa shape index (κ1) is 12.9. The molecular weight excluding hydrogens is 248 g/mol. The van der Waals surface area contributed by atoms with Crippen LogP contribution in [0.3, 0.4) is 0 Å². The quantitative estimate of drug-likeness (QED) is 0.907. The molecule has 1 fully saturated rings. The van der Waals surface area contributed by atoms with Crippen LogP contribution >= 0.6 is 23.1 Å². The fourth-order valence-corrected chi connectivity index (χ4v) is 3.91. The van der Waals surface area contributed by atoms with Crippen molar-refractivity contribution in [2.24, 2.45) is 0 Å². The summed E-state index contributed by atoms with van der Waals surface area (Å²) in [5.74, 6) is 0. The minimum Gasteiger partial charge on any atom is -0.309 e. The van der Waals surface area contributed by atoms with E-state index in [1.54, 1.807) is 11.3 Å². The topological polar surface area (TPSA) is 35.8 Å². The van der Waals surface area contributed by atoms with Gasteiger partial charge in [-0.2, -0.15) is 17.0 Å². The molecule has 0 saturated heterocycles. The molecule has 0 aliphatic heterocycles. The Labute approximate surface area is 111 Å². The highest BCUT2D eigenvalue weighted by Gasteiger charge is 2.20. The standard InChI is InChI=1S/C13H18N2S2/c1-16-12-4-2-3-11(6-12)15-8-13-5-10(7-14)9-17-13/h5,9,11-12,15H,2-4,6,8H2,1H3. The van der Waals surface area contributed by atoms with Gasteiger partial charge in [0, 0.05) is 28.1 Å². The van der Waals surface area contributed by atoms with Crippen LogP contribution < -0.4 is 5.32 Å². The number of thioether (sulfide) groups is 1. The molecule has 1 aromatic heterocycles. The first-order valence-electron chi connectivity index (χ1n) is 6.05. The molecule has 0 radical (unpaired) electrons. The molecule has 0 aromatic carbocycles. The molecule has 4 heteroatoms. The van der Waals surface area contributed by atoms with E-state index < -0.39 is 0 Å². The highest BCUT2D eigenvalue weighted by Crippen LogP contribution is 2.27. The zero-order valence-electron chi connectivity index (χ0n) is 10.1. The molecule has 2 unspecified atom stereocenters. The second-order valence-corrected chi connectivity index (χ2v) is 6.65. The van der Waals surface area contributed by atoms with Gasteiger partial charge in [0.1, 0.15) is 6.07 Å². The van der Waals surface area contributed by atoms with Gasteiger partial charge in [-0.1, -0.05) is 6.42 Å². The number of thiophene rings is 1. The van der Waals surface area contributed by atoms with E-state index in [1.807, 2.05) is 23.2 Å². The maximum atomic E-state index is 8.77. The monoisotopic (exact) mass is 266 g/mol. The van der Waals surface area contributed by atoms with E-state index in [0.717, 1.165) is 17.4 Å². The van der Waals surface area contributed by atoms with Crippen molar-refractivity contribution in [3.05, 3.63) is 21.9 Å². The van der Waals surface area contributed by atoms with Gasteiger partial charge in [0.05, 0.1) is 5.56 Å². The van der Waals surface area contributed by atoms with E-state index in [4.69, 9.17) is 5.26 Å². The summed E-state index contributed by atoms with van der Waals surface area (Å²) in [5, 5.41) is 15.2. The summed E-state index contributed by atoms with van der Waals surface area (Å²) in [6.07, 6.45) is 7.52. The SMILES string of the molecule is CSC1CCCC(NCc2cc(C#N)cs2)C1. The molecule has 1 N–H and O–H groups in total. The summed E-state index contributed by atoms with van der Waals surface area (Å²) in [6, 6.07) is 4.83. The Morgan fingerprint density at radius 2 is 2.47 bits per heavy atom. The third kappa shape index (κ3) is 3.74. The number of hydrogen-bond acceptors (Lipinski definition) is 4. The van der Waals surface area contributed by atoms with E-state index in [9.17, 15) is 0 Å². The first-order valence-corrected chi connectivity index (χ1v) is 8.22. The van der Waals surface area contributed by atoms with Crippen LogP contribution in [0.2, 0.25) is 0 Å². The molecule has 0 spiro atoms. The van der Waals surface area contributed by atoms with Crippen molar-refractivity contribution in [1.82, 2.24) is 5.32 Å². The van der Waals surface area contributed by atoms with Gasteiger partial charge >= 0.3 is 0 Å². The van der Waals surface area contributed by atoms with Crippen LogP contribution in [0, 0.1) is 11.3 Å². The number of rotatable bonds is 4. The Bertz CT molecular complexity index is 394. The molecule has 0 amide bonds. The van der Waals surface area contributed by atoms with Crippen LogP contribution in [0.15, 0.2) is 11.4 Å². The van der Waals surface area contributed by atoms with Gasteiger partial charge in [-0.25, -0.2) is 0 Å². The Kier molecular flexibility index (Phi) is 4.90. The molecule has 92 valence electrons. The minimum absolute atomic E-state index is 0.661. The molecular formula is C13H18N2S2. The summed E-state index contributed by atoms with van der Waals surface area (Å²) < 4.78 is 0. The predicted octanol–water partition coefficient (Wildman–Crippen LogP) is 3.38. The molecule has 17 heavy (non-hydrogen) atoms. The summed E-state index contributed by atoms with van der Waals surface area (Å²) in [4.78, 5) is 1.27. The predicted molar refractivity (Wildman–Crippen MR) is 75.4 cm³/mol. The largest absolute Gasteiger partial charge is 0.309 e. The van der Waals surface area contributed by atoms with Crippen molar-refractivity contribution in [2.75, 3.05) is 6.26 Å². The zero-order valence-corrected chi connectivity index (χ0v) is 11.7. The lowest BCUT2D eigenvalue weighted by Crippen LogP contribution is -2.34. The molecule has 1 heterocycles. The highest BCUT2D eigenvalue weighted by atomic mass is 32.2. The lowest BCUT2D eigenvalue weighted by molar-refractivity contribution is 0.381. The van der Waals surface area contributed by atoms with Crippen molar-refractivity contribution >= 4 is 23.1 Å². The lowest BCUT2D eigenvalue weighted by atomic mass is 9.95. The van der Waals surface area contributed by atoms with Crippen LogP contribution in [0.1, 0.15) is 36.1 Å². The smallest absolute Gasteiger partial charge is 0.100 e. The van der Waals surface area contributed by atoms with Gasteiger partial charge < -0.3 is 5.32 Å². The van der Waals surface area contributed by atoms with E-state index in [0.29, 0.717) is 6.04 Å². The molecule has 0 bridgehead atoms. The van der Waals surface area contributed by atoms with Gasteiger partial charge in [0.25, 0.3) is 0 Å². The van der Waals surface area contributed by atoms with Crippen molar-refractivity contribution in [3.8, 4) is 6.07 Å². The van der Waals surface area contributed by atoms with Crippen LogP contribution in [-0.4, -0.2) is 17.5 Å². The van der Waals surface area contributed by atoms with Gasteiger partial charge in [0.15, 0.2) is 0 Å². The number of nitriles is 1. The average molecular weight is 266 g/mol. The van der Waals surface area contributed by atoms with Crippen LogP contribution in [0.4, 0.5) is 0 Å². The Morgan fingerprint density at radius 3 is 3.18 bits per heavy atom. The van der Waals surface area contributed by atoms with Crippen molar-refractivity contribution in [1.29, 1.82) is 5.26 Å². The molecule has 1 aliphatic rings. The van der Waals surface area contributed by atoms with Gasteiger partial charge in [0.2, 0.25) is 0 Å². The molecule has 1 aromatic rings. The van der Waals surface area contributed by atoms with Crippen molar-refractivity contribution in [3.63, 3.8) is 0 Å². The van der Waals surface area contributed by atoms with Crippen LogP contribution in [-0.2, 0) is 6.54 Å². The fourth-order valence-electron chi connectivity index (χ4n) is 2.32. The second-order valence-electron chi connectivity index (χ2n) is 4.52. The Morgan fingerprint density at radius 1 is 1.59 bits per heavy atom. The third-order valence-electron chi connectivity index (χ3n) is 3.31. The second kappa shape index (κ2) is 6.44. The minimum atomic E-state index is 0.661. The fraction of sp³-hybridized carbons (Fsp3) is 0.615. The highest BCUT2D eigenvalue weighted by molar-refractivity contribution is 7.99. The van der Waals surface area contributed by atoms with E-state index in [2.05, 4.69) is 17.6 Å². The molecule has 1 saturated carbocycles. The normalized spacial score (nSPS) is 24.5.